The first-order chi connectivity index (χ1) is 15.6. The van der Waals surface area contributed by atoms with Crippen molar-refractivity contribution in [3.63, 3.8) is 0 Å². The molecule has 0 aliphatic rings. The fourth-order valence-corrected chi connectivity index (χ4v) is 11.9. The summed E-state index contributed by atoms with van der Waals surface area (Å²) in [5, 5.41) is 1.81. The second kappa shape index (κ2) is 8.24. The van der Waals surface area contributed by atoms with Crippen molar-refractivity contribution in [1.82, 2.24) is 0 Å². The summed E-state index contributed by atoms with van der Waals surface area (Å²) < 4.78 is 11.8. The van der Waals surface area contributed by atoms with E-state index in [1.807, 2.05) is 12.1 Å². The number of methoxy groups -OCH3 is 1. The van der Waals surface area contributed by atoms with Gasteiger partial charge in [-0.3, -0.25) is 0 Å². The summed E-state index contributed by atoms with van der Waals surface area (Å²) in [6.07, 6.45) is 0.723. The molecule has 0 saturated heterocycles. The van der Waals surface area contributed by atoms with Gasteiger partial charge in [0.25, 0.3) is 0 Å². The van der Waals surface area contributed by atoms with Crippen LogP contribution in [0.5, 0.6) is 5.75 Å². The zero-order valence-electron chi connectivity index (χ0n) is 17.8. The molecule has 5 aromatic rings. The van der Waals surface area contributed by atoms with Crippen LogP contribution in [0.3, 0.4) is 0 Å². The number of furan rings is 1. The Morgan fingerprint density at radius 1 is 0.688 bits per heavy atom. The zero-order chi connectivity index (χ0) is 22.0. The fourth-order valence-electron chi connectivity index (χ4n) is 4.50. The molecular formula is C28H24BrO2P. The first-order valence-electron chi connectivity index (χ1n) is 10.6. The third kappa shape index (κ3) is 3.37. The van der Waals surface area contributed by atoms with E-state index in [-0.39, 0.29) is 0 Å². The molecule has 160 valence electrons. The van der Waals surface area contributed by atoms with Gasteiger partial charge in [-0.25, -0.2) is 0 Å². The van der Waals surface area contributed by atoms with Gasteiger partial charge < -0.3 is 0 Å². The fraction of sp³-hybridized carbons (Fsp3) is 0.0714. The second-order valence-electron chi connectivity index (χ2n) is 7.96. The van der Waals surface area contributed by atoms with Crippen LogP contribution in [-0.2, 0) is 6.16 Å². The molecule has 1 heterocycles. The SMILES string of the molecule is COc1ccc2cc(CP(Br)(c3ccccc3)(c3ccccc3)c3ccccc3)oc2c1. The van der Waals surface area contributed by atoms with E-state index in [9.17, 15) is 0 Å². The van der Waals surface area contributed by atoms with Crippen LogP contribution in [0.1, 0.15) is 5.76 Å². The maximum absolute atomic E-state index is 6.42. The molecular weight excluding hydrogens is 479 g/mol. The van der Waals surface area contributed by atoms with Crippen molar-refractivity contribution in [2.75, 3.05) is 7.11 Å². The molecule has 2 nitrogen and oxygen atoms in total. The molecule has 4 aromatic carbocycles. The van der Waals surface area contributed by atoms with Crippen molar-refractivity contribution >= 4 is 47.7 Å². The Bertz CT molecular complexity index is 1250. The molecule has 0 aliphatic heterocycles. The Kier molecular flexibility index (Phi) is 5.41. The van der Waals surface area contributed by atoms with Gasteiger partial charge in [0.1, 0.15) is 0 Å². The number of hydrogen-bond donors (Lipinski definition) is 0. The Hall–Kier alpha value is -2.87. The molecule has 0 atom stereocenters. The first kappa shape index (κ1) is 21.0. The number of benzene rings is 4. The monoisotopic (exact) mass is 502 g/mol. The molecule has 0 saturated carbocycles. The van der Waals surface area contributed by atoms with E-state index in [4.69, 9.17) is 9.15 Å². The van der Waals surface area contributed by atoms with Gasteiger partial charge in [-0.05, 0) is 0 Å². The van der Waals surface area contributed by atoms with E-state index < -0.39 is 5.31 Å². The predicted octanol–water partition coefficient (Wildman–Crippen LogP) is 6.78. The Labute approximate surface area is 196 Å². The third-order valence-electron chi connectivity index (χ3n) is 6.11. The van der Waals surface area contributed by atoms with Crippen molar-refractivity contribution in [3.05, 3.63) is 121 Å². The molecule has 0 bridgehead atoms. The van der Waals surface area contributed by atoms with Gasteiger partial charge in [-0.1, -0.05) is 0 Å². The van der Waals surface area contributed by atoms with Crippen LogP contribution in [-0.4, -0.2) is 7.11 Å². The van der Waals surface area contributed by atoms with E-state index in [2.05, 4.69) is 119 Å². The summed E-state index contributed by atoms with van der Waals surface area (Å²) in [7, 11) is 1.68. The van der Waals surface area contributed by atoms with E-state index in [0.717, 1.165) is 28.6 Å². The van der Waals surface area contributed by atoms with Gasteiger partial charge in [0.15, 0.2) is 0 Å². The number of halogens is 1. The van der Waals surface area contributed by atoms with E-state index in [0.29, 0.717) is 0 Å². The van der Waals surface area contributed by atoms with Gasteiger partial charge in [0.2, 0.25) is 0 Å². The van der Waals surface area contributed by atoms with Crippen molar-refractivity contribution in [2.45, 2.75) is 6.16 Å². The quantitative estimate of drug-likeness (QED) is 0.239. The molecule has 0 fully saturated rings. The van der Waals surface area contributed by atoms with Crippen LogP contribution in [0.2, 0.25) is 0 Å². The van der Waals surface area contributed by atoms with Gasteiger partial charge in [-0.2, -0.15) is 0 Å². The molecule has 0 amide bonds. The molecule has 4 heteroatoms. The summed E-state index contributed by atoms with van der Waals surface area (Å²) in [5.74, 6) is 1.74. The van der Waals surface area contributed by atoms with Crippen LogP contribution in [0, 0.1) is 0 Å². The number of hydrogen-bond acceptors (Lipinski definition) is 2. The normalized spacial score (nSPS) is 12.9. The van der Waals surface area contributed by atoms with Gasteiger partial charge in [0, 0.05) is 0 Å². The molecule has 0 N–H and O–H groups in total. The number of fused-ring (bicyclic) bond motifs is 1. The summed E-state index contributed by atoms with van der Waals surface area (Å²) in [5.41, 5.74) is 0.839. The Balaban J connectivity index is 1.80. The average molecular weight is 503 g/mol. The van der Waals surface area contributed by atoms with E-state index >= 15 is 0 Å². The van der Waals surface area contributed by atoms with Crippen LogP contribution in [0.4, 0.5) is 0 Å². The van der Waals surface area contributed by atoms with Gasteiger partial charge >= 0.3 is 197 Å². The molecule has 0 radical (unpaired) electrons. The first-order valence-corrected chi connectivity index (χ1v) is 15.0. The zero-order valence-corrected chi connectivity index (χ0v) is 20.3. The molecule has 0 unspecified atom stereocenters. The predicted molar refractivity (Wildman–Crippen MR) is 141 cm³/mol. The van der Waals surface area contributed by atoms with Crippen molar-refractivity contribution < 1.29 is 9.15 Å². The second-order valence-corrected chi connectivity index (χ2v) is 16.9. The Morgan fingerprint density at radius 2 is 1.19 bits per heavy atom. The molecule has 1 aromatic heterocycles. The van der Waals surface area contributed by atoms with Gasteiger partial charge in [0.05, 0.1) is 0 Å². The van der Waals surface area contributed by atoms with Gasteiger partial charge in [-0.15, -0.1) is 0 Å². The molecule has 32 heavy (non-hydrogen) atoms. The van der Waals surface area contributed by atoms with Crippen LogP contribution in [0.25, 0.3) is 11.0 Å². The average Bonchev–Trinajstić information content (AvgIpc) is 3.26. The van der Waals surface area contributed by atoms with Crippen molar-refractivity contribution in [1.29, 1.82) is 0 Å². The third-order valence-corrected chi connectivity index (χ3v) is 15.6. The topological polar surface area (TPSA) is 22.4 Å². The van der Waals surface area contributed by atoms with Crippen molar-refractivity contribution in [2.24, 2.45) is 0 Å². The summed E-state index contributed by atoms with van der Waals surface area (Å²) in [4.78, 5) is 0. The molecule has 5 rings (SSSR count). The number of ether oxygens (including phenoxy) is 1. The summed E-state index contributed by atoms with van der Waals surface area (Å²) in [6, 6.07) is 40.5. The van der Waals surface area contributed by atoms with Crippen LogP contribution in [0.15, 0.2) is 120 Å². The molecule has 0 aliphatic carbocycles. The van der Waals surface area contributed by atoms with E-state index in [1.54, 1.807) is 7.11 Å². The van der Waals surface area contributed by atoms with Crippen LogP contribution >= 0.6 is 20.8 Å². The minimum absolute atomic E-state index is 0.723. The molecule has 0 spiro atoms. The minimum atomic E-state index is -3.08. The van der Waals surface area contributed by atoms with Crippen LogP contribution < -0.4 is 20.7 Å². The summed E-state index contributed by atoms with van der Waals surface area (Å²) in [6.45, 7) is 0. The van der Waals surface area contributed by atoms with E-state index in [1.165, 1.54) is 15.9 Å². The standard InChI is InChI=1S/C28H24BrO2P/c1-30-23-18-17-22-19-24(31-28(22)20-23)21-32(29,25-11-5-2-6-12-25,26-13-7-3-8-14-26)27-15-9-4-10-16-27/h2-20H,21H2,1H3. The maximum atomic E-state index is 6.42. The Morgan fingerprint density at radius 3 is 1.66 bits per heavy atom. The van der Waals surface area contributed by atoms with Crippen molar-refractivity contribution in [3.8, 4) is 5.75 Å². The number of rotatable bonds is 6. The summed E-state index contributed by atoms with van der Waals surface area (Å²) >= 11 is 4.49.